The average molecular weight is 340 g/mol. The molecule has 2 aromatic heterocycles. The lowest BCUT2D eigenvalue weighted by Crippen LogP contribution is -2.62. The molecule has 6 nitrogen and oxygen atoms in total. The van der Waals surface area contributed by atoms with Crippen LogP contribution >= 0.6 is 0 Å². The molecule has 0 aromatic carbocycles. The van der Waals surface area contributed by atoms with E-state index in [0.29, 0.717) is 12.2 Å². The van der Waals surface area contributed by atoms with Crippen LogP contribution in [0.5, 0.6) is 0 Å². The largest absolute Gasteiger partial charge is 0.392 e. The monoisotopic (exact) mass is 340 g/mol. The van der Waals surface area contributed by atoms with E-state index in [1.165, 1.54) is 0 Å². The predicted molar refractivity (Wildman–Crippen MR) is 92.9 cm³/mol. The van der Waals surface area contributed by atoms with Crippen molar-refractivity contribution >= 4 is 5.65 Å². The highest BCUT2D eigenvalue weighted by molar-refractivity contribution is 5.44. The van der Waals surface area contributed by atoms with Crippen molar-refractivity contribution in [2.75, 3.05) is 19.7 Å². The molecule has 0 radical (unpaired) electrons. The Hall–Kier alpha value is -1.94. The summed E-state index contributed by atoms with van der Waals surface area (Å²) in [6, 6.07) is 5.86. The quantitative estimate of drug-likeness (QED) is 0.921. The van der Waals surface area contributed by atoms with E-state index in [0.717, 1.165) is 50.2 Å². The standard InChI is InChI=1S/C19H24N4O2/c1-2-25-17-9-16(24)19(17)5-7-22(8-6-19)13-15-11-21-18-4-3-14(10-20)12-23(15)18/h3-4,11-12,16-17,24H,2,5-9,13H2,1H3. The average Bonchev–Trinajstić information content (AvgIpc) is 3.04. The molecule has 1 aliphatic carbocycles. The summed E-state index contributed by atoms with van der Waals surface area (Å²) >= 11 is 0. The zero-order valence-corrected chi connectivity index (χ0v) is 14.6. The topological polar surface area (TPSA) is 73.8 Å². The first-order valence-corrected chi connectivity index (χ1v) is 9.04. The van der Waals surface area contributed by atoms with Crippen LogP contribution in [0.15, 0.2) is 24.5 Å². The van der Waals surface area contributed by atoms with Crippen LogP contribution < -0.4 is 0 Å². The van der Waals surface area contributed by atoms with Gasteiger partial charge in [-0.1, -0.05) is 0 Å². The number of rotatable bonds is 4. The highest BCUT2D eigenvalue weighted by Gasteiger charge is 2.55. The molecule has 2 aromatic rings. The molecule has 25 heavy (non-hydrogen) atoms. The molecule has 0 amide bonds. The first kappa shape index (κ1) is 16.5. The van der Waals surface area contributed by atoms with Gasteiger partial charge in [0.15, 0.2) is 0 Å². The summed E-state index contributed by atoms with van der Waals surface area (Å²) in [7, 11) is 0. The number of aliphatic hydroxyl groups excluding tert-OH is 1. The number of nitriles is 1. The second-order valence-corrected chi connectivity index (χ2v) is 7.21. The van der Waals surface area contributed by atoms with Gasteiger partial charge in [-0.2, -0.15) is 5.26 Å². The van der Waals surface area contributed by atoms with Crippen molar-refractivity contribution < 1.29 is 9.84 Å². The second kappa shape index (κ2) is 6.41. The van der Waals surface area contributed by atoms with Crippen molar-refractivity contribution in [3.63, 3.8) is 0 Å². The molecular weight excluding hydrogens is 316 g/mol. The SMILES string of the molecule is CCOC1CC(O)C12CCN(Cc1cnc3ccc(C#N)cn13)CC2. The molecule has 132 valence electrons. The van der Waals surface area contributed by atoms with Gasteiger partial charge in [-0.05, 0) is 45.0 Å². The van der Waals surface area contributed by atoms with Crippen molar-refractivity contribution in [1.82, 2.24) is 14.3 Å². The Balaban J connectivity index is 1.45. The van der Waals surface area contributed by atoms with Crippen LogP contribution in [-0.2, 0) is 11.3 Å². The fourth-order valence-corrected chi connectivity index (χ4v) is 4.39. The Morgan fingerprint density at radius 2 is 2.20 bits per heavy atom. The van der Waals surface area contributed by atoms with E-state index in [9.17, 15) is 5.11 Å². The molecule has 3 heterocycles. The third-order valence-corrected chi connectivity index (χ3v) is 5.99. The van der Waals surface area contributed by atoms with Gasteiger partial charge in [0.1, 0.15) is 11.7 Å². The summed E-state index contributed by atoms with van der Waals surface area (Å²) in [5, 5.41) is 19.4. The highest BCUT2D eigenvalue weighted by atomic mass is 16.5. The number of likely N-dealkylation sites (tertiary alicyclic amines) is 1. The number of nitrogens with zero attached hydrogens (tertiary/aromatic N) is 4. The van der Waals surface area contributed by atoms with Crippen molar-refractivity contribution in [2.24, 2.45) is 5.41 Å². The summed E-state index contributed by atoms with van der Waals surface area (Å²) < 4.78 is 7.85. The lowest BCUT2D eigenvalue weighted by Gasteiger charge is -2.56. The van der Waals surface area contributed by atoms with Crippen LogP contribution in [0.2, 0.25) is 0 Å². The second-order valence-electron chi connectivity index (χ2n) is 7.21. The predicted octanol–water partition coefficient (Wildman–Crippen LogP) is 1.96. The number of hydrogen-bond donors (Lipinski definition) is 1. The molecule has 1 aliphatic heterocycles. The number of imidazole rings is 1. The normalized spacial score (nSPS) is 25.8. The summed E-state index contributed by atoms with van der Waals surface area (Å²) in [6.45, 7) is 5.44. The molecule has 2 atom stereocenters. The van der Waals surface area contributed by atoms with Gasteiger partial charge in [0.05, 0.1) is 29.7 Å². The van der Waals surface area contributed by atoms with Gasteiger partial charge in [-0.3, -0.25) is 4.90 Å². The smallest absolute Gasteiger partial charge is 0.137 e. The summed E-state index contributed by atoms with van der Waals surface area (Å²) in [5.41, 5.74) is 2.56. The van der Waals surface area contributed by atoms with Gasteiger partial charge in [-0.15, -0.1) is 0 Å². The Morgan fingerprint density at radius 1 is 1.40 bits per heavy atom. The molecule has 0 bridgehead atoms. The number of hydrogen-bond acceptors (Lipinski definition) is 5. The zero-order chi connectivity index (χ0) is 17.4. The maximum atomic E-state index is 10.3. The zero-order valence-electron chi connectivity index (χ0n) is 14.6. The fourth-order valence-electron chi connectivity index (χ4n) is 4.39. The molecule has 2 aliphatic rings. The maximum absolute atomic E-state index is 10.3. The van der Waals surface area contributed by atoms with Gasteiger partial charge in [0.25, 0.3) is 0 Å². The molecular formula is C19H24N4O2. The lowest BCUT2D eigenvalue weighted by molar-refractivity contribution is -0.210. The fraction of sp³-hybridized carbons (Fsp3) is 0.579. The molecule has 1 N–H and O–H groups in total. The Morgan fingerprint density at radius 3 is 2.88 bits per heavy atom. The first-order valence-electron chi connectivity index (χ1n) is 9.04. The van der Waals surface area contributed by atoms with Crippen LogP contribution in [0, 0.1) is 16.7 Å². The Labute approximate surface area is 147 Å². The number of piperidine rings is 1. The van der Waals surface area contributed by atoms with Crippen LogP contribution in [0.3, 0.4) is 0 Å². The lowest BCUT2D eigenvalue weighted by atomic mass is 9.58. The third-order valence-electron chi connectivity index (χ3n) is 5.99. The number of aromatic nitrogens is 2. The van der Waals surface area contributed by atoms with Crippen LogP contribution in [0.1, 0.15) is 37.4 Å². The van der Waals surface area contributed by atoms with Crippen molar-refractivity contribution in [3.8, 4) is 6.07 Å². The van der Waals surface area contributed by atoms with E-state index >= 15 is 0 Å². The Bertz CT molecular complexity index is 799. The van der Waals surface area contributed by atoms with Crippen LogP contribution in [-0.4, -0.2) is 51.3 Å². The molecule has 1 saturated heterocycles. The maximum Gasteiger partial charge on any atom is 0.137 e. The number of pyridine rings is 1. The molecule has 1 spiro atoms. The third kappa shape index (κ3) is 2.73. The summed E-state index contributed by atoms with van der Waals surface area (Å²) in [4.78, 5) is 6.84. The molecule has 2 unspecified atom stereocenters. The van der Waals surface area contributed by atoms with E-state index in [1.54, 1.807) is 6.07 Å². The van der Waals surface area contributed by atoms with E-state index < -0.39 is 0 Å². The number of ether oxygens (including phenoxy) is 1. The van der Waals surface area contributed by atoms with Gasteiger partial charge >= 0.3 is 0 Å². The van der Waals surface area contributed by atoms with Gasteiger partial charge in [0, 0.05) is 31.2 Å². The molecule has 6 heteroatoms. The van der Waals surface area contributed by atoms with E-state index in [4.69, 9.17) is 10.00 Å². The summed E-state index contributed by atoms with van der Waals surface area (Å²) in [5.74, 6) is 0. The van der Waals surface area contributed by atoms with Crippen LogP contribution in [0.4, 0.5) is 0 Å². The van der Waals surface area contributed by atoms with Crippen molar-refractivity contribution in [1.29, 1.82) is 5.26 Å². The Kier molecular flexibility index (Phi) is 4.24. The minimum absolute atomic E-state index is 0.0417. The summed E-state index contributed by atoms with van der Waals surface area (Å²) in [6.07, 6.45) is 6.45. The minimum Gasteiger partial charge on any atom is -0.392 e. The molecule has 1 saturated carbocycles. The minimum atomic E-state index is -0.222. The molecule has 2 fully saturated rings. The van der Waals surface area contributed by atoms with E-state index in [1.807, 2.05) is 29.8 Å². The van der Waals surface area contributed by atoms with Gasteiger partial charge < -0.3 is 14.2 Å². The van der Waals surface area contributed by atoms with E-state index in [2.05, 4.69) is 16.0 Å². The van der Waals surface area contributed by atoms with Gasteiger partial charge in [0.2, 0.25) is 0 Å². The highest BCUT2D eigenvalue weighted by Crippen LogP contribution is 2.51. The molecule has 4 rings (SSSR count). The number of aliphatic hydroxyl groups is 1. The first-order chi connectivity index (χ1) is 12.2. The van der Waals surface area contributed by atoms with Gasteiger partial charge in [-0.25, -0.2) is 4.98 Å². The van der Waals surface area contributed by atoms with E-state index in [-0.39, 0.29) is 17.6 Å². The van der Waals surface area contributed by atoms with Crippen molar-refractivity contribution in [3.05, 3.63) is 35.8 Å². The number of fused-ring (bicyclic) bond motifs is 1. The van der Waals surface area contributed by atoms with Crippen LogP contribution in [0.25, 0.3) is 5.65 Å². The van der Waals surface area contributed by atoms with Crippen molar-refractivity contribution in [2.45, 2.75) is 44.9 Å².